The summed E-state index contributed by atoms with van der Waals surface area (Å²) in [4.78, 5) is 28.8. The molecular formula is C21H34N4O2+2. The van der Waals surface area contributed by atoms with E-state index in [1.54, 1.807) is 4.90 Å². The maximum atomic E-state index is 12.4. The van der Waals surface area contributed by atoms with Crippen LogP contribution in [0.25, 0.3) is 0 Å². The van der Waals surface area contributed by atoms with Crippen molar-refractivity contribution in [2.24, 2.45) is 0 Å². The summed E-state index contributed by atoms with van der Waals surface area (Å²) in [6, 6.07) is 8.45. The van der Waals surface area contributed by atoms with Crippen LogP contribution in [0.2, 0.25) is 0 Å². The van der Waals surface area contributed by atoms with Crippen molar-refractivity contribution >= 4 is 11.9 Å². The second kappa shape index (κ2) is 8.85. The van der Waals surface area contributed by atoms with Gasteiger partial charge in [0, 0.05) is 5.56 Å². The second-order valence-corrected chi connectivity index (χ2v) is 8.29. The summed E-state index contributed by atoms with van der Waals surface area (Å²) in [7, 11) is 0. The molecule has 0 saturated carbocycles. The first-order valence-electron chi connectivity index (χ1n) is 10.4. The minimum atomic E-state index is -0.317. The van der Waals surface area contributed by atoms with E-state index in [0.29, 0.717) is 12.6 Å². The summed E-state index contributed by atoms with van der Waals surface area (Å²) in [6.07, 6.45) is 1.63. The second-order valence-electron chi connectivity index (χ2n) is 8.29. The molecule has 2 aliphatic rings. The molecule has 6 nitrogen and oxygen atoms in total. The van der Waals surface area contributed by atoms with Crippen molar-refractivity contribution in [1.29, 1.82) is 0 Å². The van der Waals surface area contributed by atoms with Crippen molar-refractivity contribution in [2.45, 2.75) is 52.1 Å². The number of hydrogen-bond acceptors (Lipinski definition) is 2. The van der Waals surface area contributed by atoms with Crippen LogP contribution in [0.1, 0.15) is 50.7 Å². The average Bonchev–Trinajstić information content (AvgIpc) is 2.91. The van der Waals surface area contributed by atoms with Crippen LogP contribution in [0.15, 0.2) is 24.3 Å². The van der Waals surface area contributed by atoms with Crippen LogP contribution < -0.4 is 15.1 Å². The van der Waals surface area contributed by atoms with Crippen LogP contribution in [-0.4, -0.2) is 55.7 Å². The zero-order valence-electron chi connectivity index (χ0n) is 16.9. The van der Waals surface area contributed by atoms with Gasteiger partial charge < -0.3 is 15.1 Å². The Morgan fingerprint density at radius 3 is 2.30 bits per heavy atom. The van der Waals surface area contributed by atoms with E-state index in [4.69, 9.17) is 0 Å². The lowest BCUT2D eigenvalue weighted by Crippen LogP contribution is -3.28. The van der Waals surface area contributed by atoms with Gasteiger partial charge in [-0.3, -0.25) is 4.79 Å². The lowest BCUT2D eigenvalue weighted by Gasteiger charge is -2.31. The minimum Gasteiger partial charge on any atom is -0.326 e. The molecule has 148 valence electrons. The molecule has 3 amide bonds. The summed E-state index contributed by atoms with van der Waals surface area (Å²) < 4.78 is 0. The summed E-state index contributed by atoms with van der Waals surface area (Å²) >= 11 is 0. The fourth-order valence-electron chi connectivity index (χ4n) is 4.04. The average molecular weight is 375 g/mol. The Labute approximate surface area is 162 Å². The third-order valence-electron chi connectivity index (χ3n) is 5.83. The zero-order chi connectivity index (χ0) is 19.4. The van der Waals surface area contributed by atoms with Crippen molar-refractivity contribution in [1.82, 2.24) is 10.2 Å². The van der Waals surface area contributed by atoms with Crippen LogP contribution in [0.4, 0.5) is 4.79 Å². The molecule has 0 unspecified atom stereocenters. The van der Waals surface area contributed by atoms with Gasteiger partial charge in [0.15, 0.2) is 6.67 Å². The standard InChI is InChI=1S/C21H32N4O2/c1-4-5-19-20(26)25(21(27)22-19)15-24-12-10-23(11-13-24)14-17-6-8-18(9-7-17)16(2)3/h6-9,16,19H,4-5,10-15H2,1-3H3,(H,22,27)/p+2/t19-/m1/s1. The molecule has 0 radical (unpaired) electrons. The highest BCUT2D eigenvalue weighted by Gasteiger charge is 2.40. The van der Waals surface area contributed by atoms with Gasteiger partial charge in [0.1, 0.15) is 38.8 Å². The number of amides is 3. The van der Waals surface area contributed by atoms with Gasteiger partial charge in [0.2, 0.25) is 0 Å². The van der Waals surface area contributed by atoms with Gasteiger partial charge in [0.25, 0.3) is 5.91 Å². The third-order valence-corrected chi connectivity index (χ3v) is 5.83. The van der Waals surface area contributed by atoms with E-state index < -0.39 is 0 Å². The zero-order valence-corrected chi connectivity index (χ0v) is 16.9. The van der Waals surface area contributed by atoms with Crippen LogP contribution in [0, 0.1) is 0 Å². The fourth-order valence-corrected chi connectivity index (χ4v) is 4.04. The number of rotatable bonds is 7. The number of carbonyl (C=O) groups is 2. The lowest BCUT2D eigenvalue weighted by atomic mass is 10.0. The van der Waals surface area contributed by atoms with Gasteiger partial charge in [0.05, 0.1) is 0 Å². The first kappa shape index (κ1) is 19.8. The number of carbonyl (C=O) groups excluding carboxylic acids is 2. The van der Waals surface area contributed by atoms with E-state index in [-0.39, 0.29) is 18.0 Å². The van der Waals surface area contributed by atoms with Gasteiger partial charge in [-0.2, -0.15) is 0 Å². The number of imide groups is 1. The van der Waals surface area contributed by atoms with Crippen LogP contribution in [0.3, 0.4) is 0 Å². The number of quaternary nitrogens is 2. The topological polar surface area (TPSA) is 58.3 Å². The van der Waals surface area contributed by atoms with Crippen molar-refractivity contribution in [3.8, 4) is 0 Å². The Bertz CT molecular complexity index is 651. The molecule has 2 aliphatic heterocycles. The third kappa shape index (κ3) is 4.87. The minimum absolute atomic E-state index is 0.0469. The van der Waals surface area contributed by atoms with Gasteiger partial charge in [-0.1, -0.05) is 51.5 Å². The Balaban J connectivity index is 1.46. The summed E-state index contributed by atoms with van der Waals surface area (Å²) in [5.74, 6) is 0.523. The number of nitrogens with zero attached hydrogens (tertiary/aromatic N) is 1. The van der Waals surface area contributed by atoms with E-state index in [0.717, 1.165) is 45.6 Å². The predicted octanol–water partition coefficient (Wildman–Crippen LogP) is -0.229. The van der Waals surface area contributed by atoms with Crippen molar-refractivity contribution in [3.63, 3.8) is 0 Å². The molecule has 3 rings (SSSR count). The predicted molar refractivity (Wildman–Crippen MR) is 105 cm³/mol. The molecule has 1 atom stereocenters. The molecule has 0 spiro atoms. The Morgan fingerprint density at radius 1 is 1.07 bits per heavy atom. The molecule has 0 bridgehead atoms. The number of benzene rings is 1. The lowest BCUT2D eigenvalue weighted by molar-refractivity contribution is -1.02. The molecule has 1 aromatic carbocycles. The Hall–Kier alpha value is -1.92. The SMILES string of the molecule is CCC[C@H]1NC(=O)N(C[NH+]2CC[NH+](Cc3ccc(C(C)C)cc3)CC2)C1=O. The van der Waals surface area contributed by atoms with Gasteiger partial charge >= 0.3 is 6.03 Å². The quantitative estimate of drug-likeness (QED) is 0.578. The molecule has 0 aromatic heterocycles. The molecule has 27 heavy (non-hydrogen) atoms. The molecule has 0 aliphatic carbocycles. The normalized spacial score (nSPS) is 25.9. The van der Waals surface area contributed by atoms with E-state index in [9.17, 15) is 9.59 Å². The van der Waals surface area contributed by atoms with Crippen molar-refractivity contribution in [2.75, 3.05) is 32.8 Å². The van der Waals surface area contributed by atoms with Crippen molar-refractivity contribution in [3.05, 3.63) is 35.4 Å². The largest absolute Gasteiger partial charge is 0.329 e. The maximum absolute atomic E-state index is 12.4. The maximum Gasteiger partial charge on any atom is 0.329 e. The Kier molecular flexibility index (Phi) is 6.50. The van der Waals surface area contributed by atoms with Crippen molar-refractivity contribution < 1.29 is 19.4 Å². The molecule has 2 heterocycles. The molecular weight excluding hydrogens is 340 g/mol. The number of nitrogens with one attached hydrogen (secondary N) is 3. The summed E-state index contributed by atoms with van der Waals surface area (Å²) in [5.41, 5.74) is 2.77. The highest BCUT2D eigenvalue weighted by molar-refractivity contribution is 6.03. The van der Waals surface area contributed by atoms with Crippen LogP contribution in [0.5, 0.6) is 0 Å². The fraction of sp³-hybridized carbons (Fsp3) is 0.619. The van der Waals surface area contributed by atoms with Gasteiger partial charge in [-0.25, -0.2) is 9.69 Å². The number of urea groups is 1. The summed E-state index contributed by atoms with van der Waals surface area (Å²) in [6.45, 7) is 12.2. The Morgan fingerprint density at radius 2 is 1.70 bits per heavy atom. The molecule has 3 N–H and O–H groups in total. The number of hydrogen-bond donors (Lipinski definition) is 3. The van der Waals surface area contributed by atoms with Gasteiger partial charge in [-0.05, 0) is 17.9 Å². The van der Waals surface area contributed by atoms with Gasteiger partial charge in [-0.15, -0.1) is 0 Å². The molecule has 2 fully saturated rings. The summed E-state index contributed by atoms with van der Waals surface area (Å²) in [5, 5.41) is 2.82. The van der Waals surface area contributed by atoms with Crippen LogP contribution in [-0.2, 0) is 11.3 Å². The first-order chi connectivity index (χ1) is 13.0. The smallest absolute Gasteiger partial charge is 0.326 e. The molecule has 2 saturated heterocycles. The van der Waals surface area contributed by atoms with Crippen LogP contribution >= 0.6 is 0 Å². The highest BCUT2D eigenvalue weighted by atomic mass is 16.2. The highest BCUT2D eigenvalue weighted by Crippen LogP contribution is 2.14. The monoisotopic (exact) mass is 374 g/mol. The molecule has 6 heteroatoms. The van der Waals surface area contributed by atoms with E-state index in [2.05, 4.69) is 43.4 Å². The first-order valence-corrected chi connectivity index (χ1v) is 10.4. The number of piperazine rings is 1. The van der Waals surface area contributed by atoms with E-state index in [1.807, 2.05) is 6.92 Å². The van der Waals surface area contributed by atoms with E-state index >= 15 is 0 Å². The molecule has 1 aromatic rings. The van der Waals surface area contributed by atoms with E-state index in [1.165, 1.54) is 20.9 Å².